The van der Waals surface area contributed by atoms with E-state index in [0.717, 1.165) is 38.3 Å². The van der Waals surface area contributed by atoms with Gasteiger partial charge in [-0.05, 0) is 30.0 Å². The van der Waals surface area contributed by atoms with Crippen LogP contribution in [0.3, 0.4) is 0 Å². The monoisotopic (exact) mass is 247 g/mol. The van der Waals surface area contributed by atoms with Gasteiger partial charge in [-0.2, -0.15) is 0 Å². The summed E-state index contributed by atoms with van der Waals surface area (Å²) in [6, 6.07) is 8.33. The number of hydrogen-bond acceptors (Lipinski definition) is 3. The van der Waals surface area contributed by atoms with Gasteiger partial charge in [0.15, 0.2) is 0 Å². The van der Waals surface area contributed by atoms with Crippen LogP contribution < -0.4 is 4.90 Å². The maximum absolute atomic E-state index is 10.8. The summed E-state index contributed by atoms with van der Waals surface area (Å²) in [6.45, 7) is 3.43. The normalized spacial score (nSPS) is 27.0. The molecule has 0 amide bonds. The first kappa shape index (κ1) is 11.5. The average Bonchev–Trinajstić information content (AvgIpc) is 3.20. The third-order valence-corrected chi connectivity index (χ3v) is 3.81. The summed E-state index contributed by atoms with van der Waals surface area (Å²) in [4.78, 5) is 13.1. The van der Waals surface area contributed by atoms with Crippen LogP contribution in [0.2, 0.25) is 0 Å². The minimum atomic E-state index is -0.669. The standard InChI is InChI=1S/C14H17NO3/c16-14(17)13-9-12(13)10-1-3-11(4-2-10)15-5-7-18-8-6-15/h1-4,12-13H,5-9H2,(H,16,17). The van der Waals surface area contributed by atoms with Gasteiger partial charge in [0.1, 0.15) is 0 Å². The lowest BCUT2D eigenvalue weighted by Gasteiger charge is -2.28. The van der Waals surface area contributed by atoms with Gasteiger partial charge in [0.2, 0.25) is 0 Å². The van der Waals surface area contributed by atoms with Gasteiger partial charge >= 0.3 is 5.97 Å². The second kappa shape index (κ2) is 4.61. The van der Waals surface area contributed by atoms with Gasteiger partial charge in [0.25, 0.3) is 0 Å². The molecule has 2 aliphatic rings. The van der Waals surface area contributed by atoms with Crippen molar-refractivity contribution >= 4 is 11.7 Å². The Hall–Kier alpha value is -1.55. The summed E-state index contributed by atoms with van der Waals surface area (Å²) in [7, 11) is 0. The van der Waals surface area contributed by atoms with E-state index in [0.29, 0.717) is 0 Å². The van der Waals surface area contributed by atoms with E-state index in [-0.39, 0.29) is 11.8 Å². The fourth-order valence-electron chi connectivity index (χ4n) is 2.59. The van der Waals surface area contributed by atoms with Gasteiger partial charge < -0.3 is 14.7 Å². The lowest BCUT2D eigenvalue weighted by molar-refractivity contribution is -0.138. The van der Waals surface area contributed by atoms with Crippen molar-refractivity contribution in [2.24, 2.45) is 5.92 Å². The van der Waals surface area contributed by atoms with Gasteiger partial charge in [-0.1, -0.05) is 12.1 Å². The predicted octanol–water partition coefficient (Wildman–Crippen LogP) is 1.71. The number of morpholine rings is 1. The van der Waals surface area contributed by atoms with Crippen molar-refractivity contribution in [2.45, 2.75) is 12.3 Å². The minimum absolute atomic E-state index is 0.167. The Bertz CT molecular complexity index is 437. The topological polar surface area (TPSA) is 49.8 Å². The molecule has 2 fully saturated rings. The van der Waals surface area contributed by atoms with Crippen LogP contribution in [-0.4, -0.2) is 37.4 Å². The molecule has 1 saturated heterocycles. The van der Waals surface area contributed by atoms with Crippen LogP contribution in [-0.2, 0) is 9.53 Å². The van der Waals surface area contributed by atoms with Crippen LogP contribution in [0, 0.1) is 5.92 Å². The molecule has 0 radical (unpaired) electrons. The molecule has 4 nitrogen and oxygen atoms in total. The van der Waals surface area contributed by atoms with Crippen molar-refractivity contribution in [3.05, 3.63) is 29.8 Å². The first-order chi connectivity index (χ1) is 8.75. The summed E-state index contributed by atoms with van der Waals surface area (Å²) in [5, 5.41) is 8.92. The molecule has 4 heteroatoms. The zero-order chi connectivity index (χ0) is 12.5. The number of benzene rings is 1. The molecular formula is C14H17NO3. The van der Waals surface area contributed by atoms with Crippen molar-refractivity contribution in [3.63, 3.8) is 0 Å². The number of anilines is 1. The van der Waals surface area contributed by atoms with E-state index in [9.17, 15) is 4.79 Å². The second-order valence-electron chi connectivity index (χ2n) is 4.98. The SMILES string of the molecule is O=C(O)C1CC1c1ccc(N2CCOCC2)cc1. The van der Waals surface area contributed by atoms with Crippen molar-refractivity contribution in [1.82, 2.24) is 0 Å². The number of carboxylic acid groups (broad SMARTS) is 1. The maximum Gasteiger partial charge on any atom is 0.307 e. The lowest BCUT2D eigenvalue weighted by Crippen LogP contribution is -2.36. The molecule has 18 heavy (non-hydrogen) atoms. The zero-order valence-electron chi connectivity index (χ0n) is 10.2. The molecule has 1 aliphatic heterocycles. The molecule has 96 valence electrons. The summed E-state index contributed by atoms with van der Waals surface area (Å²) in [5.74, 6) is -0.613. The molecule has 1 aromatic carbocycles. The smallest absolute Gasteiger partial charge is 0.307 e. The van der Waals surface area contributed by atoms with Crippen LogP contribution >= 0.6 is 0 Å². The summed E-state index contributed by atoms with van der Waals surface area (Å²) in [5.41, 5.74) is 2.36. The third-order valence-electron chi connectivity index (χ3n) is 3.81. The van der Waals surface area contributed by atoms with Crippen molar-refractivity contribution in [2.75, 3.05) is 31.2 Å². The van der Waals surface area contributed by atoms with Crippen LogP contribution in [0.5, 0.6) is 0 Å². The van der Waals surface area contributed by atoms with Gasteiger partial charge in [-0.25, -0.2) is 0 Å². The quantitative estimate of drug-likeness (QED) is 0.883. The largest absolute Gasteiger partial charge is 0.481 e. The molecule has 1 heterocycles. The Morgan fingerprint density at radius 2 is 1.89 bits per heavy atom. The van der Waals surface area contributed by atoms with Crippen molar-refractivity contribution in [1.29, 1.82) is 0 Å². The van der Waals surface area contributed by atoms with Gasteiger partial charge in [-0.3, -0.25) is 4.79 Å². The molecule has 1 saturated carbocycles. The first-order valence-corrected chi connectivity index (χ1v) is 6.41. The van der Waals surface area contributed by atoms with E-state index < -0.39 is 5.97 Å². The molecule has 2 unspecified atom stereocenters. The fraction of sp³-hybridized carbons (Fsp3) is 0.500. The van der Waals surface area contributed by atoms with Gasteiger partial charge in [0, 0.05) is 18.8 Å². The molecule has 2 atom stereocenters. The number of carbonyl (C=O) groups is 1. The van der Waals surface area contributed by atoms with E-state index in [1.165, 1.54) is 5.69 Å². The molecule has 0 aromatic heterocycles. The maximum atomic E-state index is 10.8. The Kier molecular flexibility index (Phi) is 2.96. The lowest BCUT2D eigenvalue weighted by atomic mass is 10.1. The number of ether oxygens (including phenoxy) is 1. The number of aliphatic carboxylic acids is 1. The van der Waals surface area contributed by atoms with Gasteiger partial charge in [-0.15, -0.1) is 0 Å². The average molecular weight is 247 g/mol. The Balaban J connectivity index is 1.68. The highest BCUT2D eigenvalue weighted by molar-refractivity contribution is 5.75. The minimum Gasteiger partial charge on any atom is -0.481 e. The molecular weight excluding hydrogens is 230 g/mol. The van der Waals surface area contributed by atoms with Crippen LogP contribution in [0.25, 0.3) is 0 Å². The second-order valence-corrected chi connectivity index (χ2v) is 4.98. The number of rotatable bonds is 3. The Morgan fingerprint density at radius 3 is 2.44 bits per heavy atom. The molecule has 1 aliphatic carbocycles. The van der Waals surface area contributed by atoms with E-state index in [4.69, 9.17) is 9.84 Å². The number of hydrogen-bond donors (Lipinski definition) is 1. The van der Waals surface area contributed by atoms with Gasteiger partial charge in [0.05, 0.1) is 19.1 Å². The summed E-state index contributed by atoms with van der Waals surface area (Å²) in [6.07, 6.45) is 0.784. The van der Waals surface area contributed by atoms with E-state index in [1.807, 2.05) is 0 Å². The van der Waals surface area contributed by atoms with E-state index >= 15 is 0 Å². The Labute approximate surface area is 106 Å². The molecule has 3 rings (SSSR count). The highest BCUT2D eigenvalue weighted by Gasteiger charge is 2.44. The molecule has 0 bridgehead atoms. The van der Waals surface area contributed by atoms with Crippen LogP contribution in [0.15, 0.2) is 24.3 Å². The first-order valence-electron chi connectivity index (χ1n) is 6.41. The summed E-state index contributed by atoms with van der Waals surface area (Å²) >= 11 is 0. The van der Waals surface area contributed by atoms with Crippen LogP contribution in [0.1, 0.15) is 17.9 Å². The number of carboxylic acids is 1. The van der Waals surface area contributed by atoms with E-state index in [1.54, 1.807) is 0 Å². The summed E-state index contributed by atoms with van der Waals surface area (Å²) < 4.78 is 5.33. The Morgan fingerprint density at radius 1 is 1.22 bits per heavy atom. The third kappa shape index (κ3) is 2.20. The van der Waals surface area contributed by atoms with Crippen molar-refractivity contribution < 1.29 is 14.6 Å². The fourth-order valence-corrected chi connectivity index (χ4v) is 2.59. The van der Waals surface area contributed by atoms with Crippen molar-refractivity contribution in [3.8, 4) is 0 Å². The zero-order valence-corrected chi connectivity index (χ0v) is 10.2. The molecule has 1 N–H and O–H groups in total. The predicted molar refractivity (Wildman–Crippen MR) is 68.0 cm³/mol. The van der Waals surface area contributed by atoms with Crippen LogP contribution in [0.4, 0.5) is 5.69 Å². The molecule has 0 spiro atoms. The molecule has 1 aromatic rings. The highest BCUT2D eigenvalue weighted by Crippen LogP contribution is 2.47. The highest BCUT2D eigenvalue weighted by atomic mass is 16.5. The van der Waals surface area contributed by atoms with E-state index in [2.05, 4.69) is 29.2 Å². The number of nitrogens with zero attached hydrogens (tertiary/aromatic N) is 1.